The van der Waals surface area contributed by atoms with Crippen LogP contribution >= 0.6 is 0 Å². The third kappa shape index (κ3) is 4.75. The Hall–Kier alpha value is -0.900. The van der Waals surface area contributed by atoms with Gasteiger partial charge in [0.05, 0.1) is 13.2 Å². The number of nitrogens with zero attached hydrogens (tertiary/aromatic N) is 1. The second-order valence-electron chi connectivity index (χ2n) is 4.30. The van der Waals surface area contributed by atoms with Gasteiger partial charge in [-0.1, -0.05) is 29.8 Å². The molecule has 1 unspecified atom stereocenters. The lowest BCUT2D eigenvalue weighted by Crippen LogP contribution is -2.19. The fourth-order valence-corrected chi connectivity index (χ4v) is 1.33. The van der Waals surface area contributed by atoms with Gasteiger partial charge in [-0.2, -0.15) is 0 Å². The van der Waals surface area contributed by atoms with Gasteiger partial charge in [-0.05, 0) is 26.6 Å². The molecule has 3 nitrogen and oxygen atoms in total. The van der Waals surface area contributed by atoms with Crippen molar-refractivity contribution in [3.8, 4) is 0 Å². The van der Waals surface area contributed by atoms with Crippen LogP contribution in [0.2, 0.25) is 0 Å². The van der Waals surface area contributed by atoms with E-state index in [9.17, 15) is 5.11 Å². The molecule has 0 aliphatic carbocycles. The van der Waals surface area contributed by atoms with Crippen LogP contribution in [0, 0.1) is 6.92 Å². The second-order valence-corrected chi connectivity index (χ2v) is 4.30. The maximum atomic E-state index is 9.84. The van der Waals surface area contributed by atoms with Crippen molar-refractivity contribution >= 4 is 0 Å². The maximum Gasteiger partial charge on any atom is 0.102 e. The summed E-state index contributed by atoms with van der Waals surface area (Å²) in [5.41, 5.74) is 2.11. The normalized spacial score (nSPS) is 13.1. The number of aliphatic hydroxyl groups excluding tert-OH is 1. The SMILES string of the molecule is Cc1ccc(C(O)COCCN(C)C)cc1. The van der Waals surface area contributed by atoms with Crippen molar-refractivity contribution in [2.75, 3.05) is 33.9 Å². The largest absolute Gasteiger partial charge is 0.386 e. The number of ether oxygens (including phenoxy) is 1. The van der Waals surface area contributed by atoms with Crippen molar-refractivity contribution < 1.29 is 9.84 Å². The quantitative estimate of drug-likeness (QED) is 0.744. The van der Waals surface area contributed by atoms with Crippen LogP contribution in [-0.2, 0) is 4.74 Å². The van der Waals surface area contributed by atoms with E-state index in [0.29, 0.717) is 13.2 Å². The smallest absolute Gasteiger partial charge is 0.102 e. The molecule has 0 aliphatic rings. The fourth-order valence-electron chi connectivity index (χ4n) is 1.33. The maximum absolute atomic E-state index is 9.84. The predicted octanol–water partition coefficient (Wildman–Crippen LogP) is 1.61. The average molecular weight is 223 g/mol. The molecule has 0 saturated carbocycles. The Balaban J connectivity index is 2.29. The second kappa shape index (κ2) is 6.63. The lowest BCUT2D eigenvalue weighted by atomic mass is 10.1. The number of rotatable bonds is 6. The lowest BCUT2D eigenvalue weighted by molar-refractivity contribution is 0.0306. The van der Waals surface area contributed by atoms with E-state index < -0.39 is 6.10 Å². The highest BCUT2D eigenvalue weighted by molar-refractivity contribution is 5.23. The van der Waals surface area contributed by atoms with Gasteiger partial charge in [-0.15, -0.1) is 0 Å². The van der Waals surface area contributed by atoms with Gasteiger partial charge in [-0.3, -0.25) is 0 Å². The Morgan fingerprint density at radius 2 is 1.88 bits per heavy atom. The predicted molar refractivity (Wildman–Crippen MR) is 65.5 cm³/mol. The van der Waals surface area contributed by atoms with Crippen molar-refractivity contribution in [2.24, 2.45) is 0 Å². The van der Waals surface area contributed by atoms with E-state index in [-0.39, 0.29) is 0 Å². The molecule has 0 spiro atoms. The van der Waals surface area contributed by atoms with Gasteiger partial charge >= 0.3 is 0 Å². The Kier molecular flexibility index (Phi) is 5.46. The van der Waals surface area contributed by atoms with E-state index in [1.165, 1.54) is 5.56 Å². The van der Waals surface area contributed by atoms with Crippen LogP contribution in [0.25, 0.3) is 0 Å². The molecule has 0 saturated heterocycles. The molecule has 0 amide bonds. The van der Waals surface area contributed by atoms with Gasteiger partial charge < -0.3 is 14.7 Å². The van der Waals surface area contributed by atoms with Crippen LogP contribution in [0.5, 0.6) is 0 Å². The molecule has 90 valence electrons. The molecule has 0 bridgehead atoms. The summed E-state index contributed by atoms with van der Waals surface area (Å²) < 4.78 is 5.40. The van der Waals surface area contributed by atoms with Gasteiger partial charge in [0.1, 0.15) is 6.10 Å². The summed E-state index contributed by atoms with van der Waals surface area (Å²) in [5, 5.41) is 9.84. The van der Waals surface area contributed by atoms with Crippen LogP contribution in [-0.4, -0.2) is 43.9 Å². The standard InChI is InChI=1S/C13H21NO2/c1-11-4-6-12(7-5-11)13(15)10-16-9-8-14(2)3/h4-7,13,15H,8-10H2,1-3H3. The number of likely N-dealkylation sites (N-methyl/N-ethyl adjacent to an activating group) is 1. The first-order valence-corrected chi connectivity index (χ1v) is 5.56. The molecular formula is C13H21NO2. The topological polar surface area (TPSA) is 32.7 Å². The van der Waals surface area contributed by atoms with E-state index in [1.807, 2.05) is 45.3 Å². The zero-order valence-electron chi connectivity index (χ0n) is 10.3. The van der Waals surface area contributed by atoms with Crippen molar-refractivity contribution in [2.45, 2.75) is 13.0 Å². The van der Waals surface area contributed by atoms with Gasteiger partial charge in [0, 0.05) is 6.54 Å². The van der Waals surface area contributed by atoms with Crippen LogP contribution in [0.3, 0.4) is 0 Å². The minimum absolute atomic E-state index is 0.358. The minimum atomic E-state index is -0.525. The number of hydrogen-bond acceptors (Lipinski definition) is 3. The monoisotopic (exact) mass is 223 g/mol. The highest BCUT2D eigenvalue weighted by Crippen LogP contribution is 2.13. The van der Waals surface area contributed by atoms with Crippen LogP contribution in [0.4, 0.5) is 0 Å². The number of hydrogen-bond donors (Lipinski definition) is 1. The minimum Gasteiger partial charge on any atom is -0.386 e. The van der Waals surface area contributed by atoms with E-state index in [0.717, 1.165) is 12.1 Å². The third-order valence-corrected chi connectivity index (χ3v) is 2.42. The summed E-state index contributed by atoms with van der Waals surface area (Å²) in [7, 11) is 4.00. The molecule has 1 aromatic rings. The zero-order valence-corrected chi connectivity index (χ0v) is 10.3. The van der Waals surface area contributed by atoms with E-state index >= 15 is 0 Å². The van der Waals surface area contributed by atoms with Gasteiger partial charge in [0.15, 0.2) is 0 Å². The first-order valence-electron chi connectivity index (χ1n) is 5.56. The highest BCUT2D eigenvalue weighted by Gasteiger charge is 2.06. The van der Waals surface area contributed by atoms with Crippen LogP contribution in [0.15, 0.2) is 24.3 Å². The van der Waals surface area contributed by atoms with Gasteiger partial charge in [0.25, 0.3) is 0 Å². The molecule has 1 atom stereocenters. The first kappa shape index (κ1) is 13.2. The molecule has 1 N–H and O–H groups in total. The Bertz CT molecular complexity index is 295. The molecule has 1 rings (SSSR count). The van der Waals surface area contributed by atoms with E-state index in [4.69, 9.17) is 4.74 Å². The molecule has 0 heterocycles. The molecular weight excluding hydrogens is 202 g/mol. The van der Waals surface area contributed by atoms with E-state index in [2.05, 4.69) is 4.90 Å². The summed E-state index contributed by atoms with van der Waals surface area (Å²) in [4.78, 5) is 2.05. The number of aliphatic hydroxyl groups is 1. The summed E-state index contributed by atoms with van der Waals surface area (Å²) >= 11 is 0. The molecule has 1 aromatic carbocycles. The average Bonchev–Trinajstić information content (AvgIpc) is 2.25. The van der Waals surface area contributed by atoms with Crippen molar-refractivity contribution in [3.05, 3.63) is 35.4 Å². The molecule has 0 fully saturated rings. The van der Waals surface area contributed by atoms with E-state index in [1.54, 1.807) is 0 Å². The number of aryl methyl sites for hydroxylation is 1. The van der Waals surface area contributed by atoms with Crippen LogP contribution in [0.1, 0.15) is 17.2 Å². The summed E-state index contributed by atoms with van der Waals surface area (Å²) in [6, 6.07) is 7.88. The Labute approximate surface area is 97.7 Å². The first-order chi connectivity index (χ1) is 7.59. The van der Waals surface area contributed by atoms with Crippen molar-refractivity contribution in [1.29, 1.82) is 0 Å². The highest BCUT2D eigenvalue weighted by atomic mass is 16.5. The van der Waals surface area contributed by atoms with Crippen LogP contribution < -0.4 is 0 Å². The molecule has 0 radical (unpaired) electrons. The van der Waals surface area contributed by atoms with Gasteiger partial charge in [0.2, 0.25) is 0 Å². The molecule has 0 aliphatic heterocycles. The summed E-state index contributed by atoms with van der Waals surface area (Å²) in [6.07, 6.45) is -0.525. The number of benzene rings is 1. The summed E-state index contributed by atoms with van der Waals surface area (Å²) in [6.45, 7) is 3.91. The molecule has 3 heteroatoms. The fraction of sp³-hybridized carbons (Fsp3) is 0.538. The van der Waals surface area contributed by atoms with Crippen molar-refractivity contribution in [1.82, 2.24) is 4.90 Å². The molecule has 0 aromatic heterocycles. The zero-order chi connectivity index (χ0) is 12.0. The van der Waals surface area contributed by atoms with Gasteiger partial charge in [-0.25, -0.2) is 0 Å². The Morgan fingerprint density at radius 3 is 2.44 bits per heavy atom. The Morgan fingerprint density at radius 1 is 1.25 bits per heavy atom. The third-order valence-electron chi connectivity index (χ3n) is 2.42. The lowest BCUT2D eigenvalue weighted by Gasteiger charge is -2.13. The molecule has 16 heavy (non-hydrogen) atoms. The summed E-state index contributed by atoms with van der Waals surface area (Å²) in [5.74, 6) is 0. The van der Waals surface area contributed by atoms with Crippen molar-refractivity contribution in [3.63, 3.8) is 0 Å².